The van der Waals surface area contributed by atoms with Crippen molar-refractivity contribution in [2.75, 3.05) is 13.2 Å². The molecule has 24 heavy (non-hydrogen) atoms. The van der Waals surface area contributed by atoms with Gasteiger partial charge >= 0.3 is 0 Å². The number of aromatic nitrogens is 2. The van der Waals surface area contributed by atoms with Crippen molar-refractivity contribution in [1.29, 1.82) is 0 Å². The highest BCUT2D eigenvalue weighted by Gasteiger charge is 2.28. The molecule has 132 valence electrons. The Balaban J connectivity index is 1.93. The molecule has 2 heterocycles. The molecule has 2 aromatic rings. The number of rotatable bonds is 5. The van der Waals surface area contributed by atoms with Gasteiger partial charge in [-0.25, -0.2) is 13.5 Å². The lowest BCUT2D eigenvalue weighted by molar-refractivity contribution is -0.0558. The molecule has 0 amide bonds. The Morgan fingerprint density at radius 2 is 2.25 bits per heavy atom. The van der Waals surface area contributed by atoms with Crippen molar-refractivity contribution in [2.24, 2.45) is 0 Å². The zero-order valence-electron chi connectivity index (χ0n) is 12.9. The molecule has 8 heteroatoms. The first-order valence-electron chi connectivity index (χ1n) is 7.87. The summed E-state index contributed by atoms with van der Waals surface area (Å²) >= 11 is 9.80. The van der Waals surface area contributed by atoms with Crippen LogP contribution in [0.4, 0.5) is 8.78 Å². The average molecular weight is 424 g/mol. The van der Waals surface area contributed by atoms with E-state index in [-0.39, 0.29) is 12.6 Å². The number of fused-ring (bicyclic) bond motifs is 1. The fourth-order valence-corrected chi connectivity index (χ4v) is 4.05. The van der Waals surface area contributed by atoms with E-state index < -0.39 is 19.0 Å². The third-order valence-corrected chi connectivity index (χ3v) is 5.53. The van der Waals surface area contributed by atoms with E-state index in [4.69, 9.17) is 21.4 Å². The van der Waals surface area contributed by atoms with Gasteiger partial charge in [-0.15, -0.1) is 0 Å². The number of halogens is 4. The first-order chi connectivity index (χ1) is 11.4. The van der Waals surface area contributed by atoms with E-state index in [1.807, 2.05) is 0 Å². The van der Waals surface area contributed by atoms with Crippen LogP contribution in [0.3, 0.4) is 0 Å². The van der Waals surface area contributed by atoms with Gasteiger partial charge in [0.1, 0.15) is 6.61 Å². The van der Waals surface area contributed by atoms with Crippen molar-refractivity contribution >= 4 is 38.4 Å². The van der Waals surface area contributed by atoms with Gasteiger partial charge in [0.15, 0.2) is 6.23 Å². The number of ether oxygens (including phenoxy) is 1. The lowest BCUT2D eigenvalue weighted by Crippen LogP contribution is -2.22. The standard InChI is InChI=1S/C16H18BrClF2N2O2/c17-15-10(4-5-16(19,20)9-23)12(18)7-13-11(15)8-21-22(13)14-3-1-2-6-24-14/h7-8,14,23H,1-6,9H2. The molecule has 1 aromatic heterocycles. The fraction of sp³-hybridized carbons (Fsp3) is 0.562. The molecule has 1 N–H and O–H groups in total. The van der Waals surface area contributed by atoms with E-state index in [1.54, 1.807) is 16.9 Å². The summed E-state index contributed by atoms with van der Waals surface area (Å²) in [7, 11) is 0. The molecule has 1 aliphatic rings. The zero-order chi connectivity index (χ0) is 17.3. The average Bonchev–Trinajstić information content (AvgIpc) is 2.99. The monoisotopic (exact) mass is 422 g/mol. The number of benzene rings is 1. The molecular formula is C16H18BrClF2N2O2. The maximum Gasteiger partial charge on any atom is 0.271 e. The molecule has 1 saturated heterocycles. The molecule has 1 unspecified atom stereocenters. The second-order valence-electron chi connectivity index (χ2n) is 6.01. The summed E-state index contributed by atoms with van der Waals surface area (Å²) in [5, 5.41) is 14.3. The summed E-state index contributed by atoms with van der Waals surface area (Å²) in [6.45, 7) is -0.462. The van der Waals surface area contributed by atoms with E-state index in [9.17, 15) is 8.78 Å². The number of nitrogens with zero attached hydrogens (tertiary/aromatic N) is 2. The van der Waals surface area contributed by atoms with Crippen molar-refractivity contribution in [2.45, 2.75) is 44.3 Å². The first-order valence-corrected chi connectivity index (χ1v) is 9.04. The summed E-state index contributed by atoms with van der Waals surface area (Å²) in [4.78, 5) is 0. The van der Waals surface area contributed by atoms with Gasteiger partial charge in [0, 0.05) is 27.9 Å². The second-order valence-corrected chi connectivity index (χ2v) is 7.21. The van der Waals surface area contributed by atoms with E-state index >= 15 is 0 Å². The lowest BCUT2D eigenvalue weighted by Gasteiger charge is -2.23. The lowest BCUT2D eigenvalue weighted by atomic mass is 10.0. The molecule has 0 saturated carbocycles. The molecule has 3 rings (SSSR count). The Morgan fingerprint density at radius 1 is 1.46 bits per heavy atom. The largest absolute Gasteiger partial charge is 0.390 e. The predicted octanol–water partition coefficient (Wildman–Crippen LogP) is 4.71. The van der Waals surface area contributed by atoms with Gasteiger partial charge in [0.05, 0.1) is 11.7 Å². The van der Waals surface area contributed by atoms with E-state index in [2.05, 4.69) is 21.0 Å². The Bertz CT molecular complexity index is 732. The predicted molar refractivity (Wildman–Crippen MR) is 91.6 cm³/mol. The van der Waals surface area contributed by atoms with Crippen LogP contribution < -0.4 is 0 Å². The minimum absolute atomic E-state index is 0.0635. The summed E-state index contributed by atoms with van der Waals surface area (Å²) in [5.41, 5.74) is 1.41. The van der Waals surface area contributed by atoms with Crippen LogP contribution in [-0.4, -0.2) is 34.0 Å². The SMILES string of the molecule is OCC(F)(F)CCc1c(Cl)cc2c(cnn2C2CCCCO2)c1Br. The van der Waals surface area contributed by atoms with Gasteiger partial charge in [-0.2, -0.15) is 5.10 Å². The van der Waals surface area contributed by atoms with Gasteiger partial charge < -0.3 is 9.84 Å². The summed E-state index contributed by atoms with van der Waals surface area (Å²) in [6, 6.07) is 1.75. The molecular weight excluding hydrogens is 406 g/mol. The van der Waals surface area contributed by atoms with Gasteiger partial charge in [0.2, 0.25) is 0 Å². The summed E-state index contributed by atoms with van der Waals surface area (Å²) in [5.74, 6) is -3.11. The van der Waals surface area contributed by atoms with E-state index in [0.717, 1.165) is 30.2 Å². The Hall–Kier alpha value is -0.760. The Labute approximate surface area is 151 Å². The van der Waals surface area contributed by atoms with Crippen molar-refractivity contribution in [3.8, 4) is 0 Å². The van der Waals surface area contributed by atoms with Gasteiger partial charge in [-0.1, -0.05) is 11.6 Å². The van der Waals surface area contributed by atoms with Crippen molar-refractivity contribution in [3.05, 3.63) is 27.3 Å². The van der Waals surface area contributed by atoms with Crippen LogP contribution in [-0.2, 0) is 11.2 Å². The van der Waals surface area contributed by atoms with Crippen LogP contribution in [0.1, 0.15) is 37.5 Å². The third-order valence-electron chi connectivity index (χ3n) is 4.29. The summed E-state index contributed by atoms with van der Waals surface area (Å²) in [6.07, 6.45) is 4.18. The molecule has 0 bridgehead atoms. The fourth-order valence-electron chi connectivity index (χ4n) is 2.92. The zero-order valence-corrected chi connectivity index (χ0v) is 15.3. The highest BCUT2D eigenvalue weighted by atomic mass is 79.9. The second kappa shape index (κ2) is 7.23. The molecule has 0 radical (unpaired) electrons. The molecule has 1 aromatic carbocycles. The minimum atomic E-state index is -3.11. The third kappa shape index (κ3) is 3.59. The normalized spacial score (nSPS) is 19.1. The minimum Gasteiger partial charge on any atom is -0.390 e. The quantitative estimate of drug-likeness (QED) is 0.757. The Morgan fingerprint density at radius 3 is 2.92 bits per heavy atom. The van der Waals surface area contributed by atoms with Crippen LogP contribution in [0.5, 0.6) is 0 Å². The van der Waals surface area contributed by atoms with Crippen LogP contribution in [0, 0.1) is 0 Å². The molecule has 4 nitrogen and oxygen atoms in total. The first kappa shape index (κ1) is 18.0. The van der Waals surface area contributed by atoms with Gasteiger partial charge in [-0.3, -0.25) is 0 Å². The Kier molecular flexibility index (Phi) is 5.44. The molecule has 0 aliphatic carbocycles. The van der Waals surface area contributed by atoms with E-state index in [0.29, 0.717) is 21.7 Å². The molecule has 1 fully saturated rings. The number of hydrogen-bond donors (Lipinski definition) is 1. The smallest absolute Gasteiger partial charge is 0.271 e. The van der Waals surface area contributed by atoms with Crippen molar-refractivity contribution < 1.29 is 18.6 Å². The van der Waals surface area contributed by atoms with Crippen molar-refractivity contribution in [3.63, 3.8) is 0 Å². The van der Waals surface area contributed by atoms with Gasteiger partial charge in [-0.05, 0) is 53.2 Å². The highest BCUT2D eigenvalue weighted by Crippen LogP contribution is 2.37. The van der Waals surface area contributed by atoms with Crippen LogP contribution in [0.2, 0.25) is 5.02 Å². The number of hydrogen-bond acceptors (Lipinski definition) is 3. The van der Waals surface area contributed by atoms with Crippen LogP contribution in [0.15, 0.2) is 16.7 Å². The maximum absolute atomic E-state index is 13.3. The van der Waals surface area contributed by atoms with Crippen LogP contribution >= 0.6 is 27.5 Å². The number of aliphatic hydroxyl groups is 1. The number of aliphatic hydroxyl groups excluding tert-OH is 1. The van der Waals surface area contributed by atoms with E-state index in [1.165, 1.54) is 0 Å². The van der Waals surface area contributed by atoms with Gasteiger partial charge in [0.25, 0.3) is 5.92 Å². The van der Waals surface area contributed by atoms with Crippen LogP contribution in [0.25, 0.3) is 10.9 Å². The molecule has 1 aliphatic heterocycles. The maximum atomic E-state index is 13.3. The molecule has 1 atom stereocenters. The van der Waals surface area contributed by atoms with Crippen molar-refractivity contribution in [1.82, 2.24) is 9.78 Å². The topological polar surface area (TPSA) is 47.3 Å². The highest BCUT2D eigenvalue weighted by molar-refractivity contribution is 9.10. The molecule has 0 spiro atoms. The summed E-state index contributed by atoms with van der Waals surface area (Å²) < 4.78 is 34.9. The number of alkyl halides is 2.